The van der Waals surface area contributed by atoms with Crippen molar-refractivity contribution in [3.63, 3.8) is 0 Å². The number of hydrogen-bond donors (Lipinski definition) is 2. The number of benzene rings is 1. The number of piperidine rings is 1. The maximum Gasteiger partial charge on any atom is 0.257 e. The van der Waals surface area contributed by atoms with Crippen LogP contribution >= 0.6 is 0 Å². The van der Waals surface area contributed by atoms with E-state index < -0.39 is 0 Å². The zero-order valence-electron chi connectivity index (χ0n) is 15.1. The number of aryl methyl sites for hydroxylation is 1. The first-order valence-electron chi connectivity index (χ1n) is 9.08. The van der Waals surface area contributed by atoms with Gasteiger partial charge in [0, 0.05) is 30.6 Å². The minimum atomic E-state index is -0.123. The van der Waals surface area contributed by atoms with Crippen LogP contribution in [0.1, 0.15) is 40.6 Å². The van der Waals surface area contributed by atoms with E-state index >= 15 is 0 Å². The molecule has 7 heteroatoms. The van der Waals surface area contributed by atoms with Crippen LogP contribution in [0.2, 0.25) is 0 Å². The number of amides is 1. The molecule has 1 aliphatic rings. The van der Waals surface area contributed by atoms with Crippen molar-refractivity contribution in [3.05, 3.63) is 70.0 Å². The largest absolute Gasteiger partial charge is 0.338 e. The molecule has 0 atom stereocenters. The molecule has 27 heavy (non-hydrogen) atoms. The highest BCUT2D eigenvalue weighted by molar-refractivity contribution is 5.99. The smallest absolute Gasteiger partial charge is 0.257 e. The summed E-state index contributed by atoms with van der Waals surface area (Å²) < 4.78 is 0. The van der Waals surface area contributed by atoms with Crippen LogP contribution in [0.25, 0.3) is 11.3 Å². The lowest BCUT2D eigenvalue weighted by Crippen LogP contribution is -2.38. The van der Waals surface area contributed by atoms with Crippen LogP contribution in [-0.4, -0.2) is 44.1 Å². The number of rotatable bonds is 3. The Hall–Kier alpha value is -3.22. The van der Waals surface area contributed by atoms with Gasteiger partial charge in [-0.3, -0.25) is 14.7 Å². The molecule has 2 N–H and O–H groups in total. The van der Waals surface area contributed by atoms with Crippen molar-refractivity contribution in [2.24, 2.45) is 0 Å². The summed E-state index contributed by atoms with van der Waals surface area (Å²) in [6.45, 7) is 3.06. The molecule has 0 spiro atoms. The van der Waals surface area contributed by atoms with E-state index in [0.29, 0.717) is 24.5 Å². The number of hydrogen-bond acceptors (Lipinski definition) is 4. The molecule has 1 saturated heterocycles. The molecule has 7 nitrogen and oxygen atoms in total. The Labute approximate surface area is 156 Å². The molecule has 1 aliphatic heterocycles. The van der Waals surface area contributed by atoms with Crippen molar-refractivity contribution in [2.75, 3.05) is 13.1 Å². The van der Waals surface area contributed by atoms with Crippen molar-refractivity contribution >= 4 is 5.91 Å². The van der Waals surface area contributed by atoms with Gasteiger partial charge in [-0.15, -0.1) is 0 Å². The average molecular weight is 363 g/mol. The number of nitrogens with zero attached hydrogens (tertiary/aromatic N) is 3. The molecule has 3 aromatic rings. The van der Waals surface area contributed by atoms with E-state index in [1.54, 1.807) is 19.2 Å². The summed E-state index contributed by atoms with van der Waals surface area (Å²) in [4.78, 5) is 33.7. The highest BCUT2D eigenvalue weighted by Gasteiger charge is 2.27. The summed E-state index contributed by atoms with van der Waals surface area (Å²) in [5.74, 6) is 0.811. The van der Waals surface area contributed by atoms with Crippen LogP contribution in [0, 0.1) is 6.92 Å². The van der Waals surface area contributed by atoms with Crippen LogP contribution in [0.4, 0.5) is 0 Å². The topological polar surface area (TPSA) is 94.7 Å². The van der Waals surface area contributed by atoms with E-state index in [9.17, 15) is 9.59 Å². The number of aromatic amines is 2. The quantitative estimate of drug-likeness (QED) is 0.747. The van der Waals surface area contributed by atoms with Crippen LogP contribution in [-0.2, 0) is 0 Å². The van der Waals surface area contributed by atoms with Crippen molar-refractivity contribution in [1.29, 1.82) is 0 Å². The number of aromatic nitrogens is 4. The number of likely N-dealkylation sites (tertiary alicyclic amines) is 1. The van der Waals surface area contributed by atoms with Gasteiger partial charge in [-0.1, -0.05) is 30.3 Å². The van der Waals surface area contributed by atoms with Gasteiger partial charge in [0.05, 0.1) is 23.1 Å². The first-order chi connectivity index (χ1) is 13.1. The first kappa shape index (κ1) is 17.2. The summed E-state index contributed by atoms with van der Waals surface area (Å²) in [5.41, 5.74) is 2.97. The molecule has 1 fully saturated rings. The second kappa shape index (κ2) is 7.19. The third-order valence-corrected chi connectivity index (χ3v) is 5.01. The fraction of sp³-hybridized carbons (Fsp3) is 0.300. The summed E-state index contributed by atoms with van der Waals surface area (Å²) in [6.07, 6.45) is 3.18. The zero-order chi connectivity index (χ0) is 18.8. The first-order valence-corrected chi connectivity index (χ1v) is 9.08. The summed E-state index contributed by atoms with van der Waals surface area (Å²) in [6, 6.07) is 11.3. The third-order valence-electron chi connectivity index (χ3n) is 5.01. The molecular formula is C20H21N5O2. The summed E-state index contributed by atoms with van der Waals surface area (Å²) >= 11 is 0. The molecule has 2 aromatic heterocycles. The van der Waals surface area contributed by atoms with Gasteiger partial charge in [-0.05, 0) is 19.8 Å². The molecule has 3 heterocycles. The van der Waals surface area contributed by atoms with Gasteiger partial charge < -0.3 is 9.88 Å². The second-order valence-electron chi connectivity index (χ2n) is 6.85. The van der Waals surface area contributed by atoms with E-state index in [0.717, 1.165) is 29.8 Å². The number of carbonyl (C=O) groups is 1. The number of H-pyrrole nitrogens is 2. The Morgan fingerprint density at radius 1 is 1.19 bits per heavy atom. The van der Waals surface area contributed by atoms with Crippen LogP contribution in [0.5, 0.6) is 0 Å². The Kier molecular flexibility index (Phi) is 4.58. The maximum absolute atomic E-state index is 13.0. The predicted octanol–water partition coefficient (Wildman–Crippen LogP) is 2.49. The Morgan fingerprint density at radius 2 is 1.93 bits per heavy atom. The van der Waals surface area contributed by atoms with Gasteiger partial charge in [0.2, 0.25) is 0 Å². The van der Waals surface area contributed by atoms with E-state index in [1.807, 2.05) is 35.2 Å². The normalized spacial score (nSPS) is 15.1. The molecule has 1 aromatic carbocycles. The average Bonchev–Trinajstić information content (AvgIpc) is 3.17. The lowest BCUT2D eigenvalue weighted by molar-refractivity contribution is 0.0713. The van der Waals surface area contributed by atoms with Gasteiger partial charge in [0.1, 0.15) is 5.82 Å². The van der Waals surface area contributed by atoms with Crippen molar-refractivity contribution in [1.82, 2.24) is 25.1 Å². The van der Waals surface area contributed by atoms with E-state index in [-0.39, 0.29) is 17.4 Å². The van der Waals surface area contributed by atoms with Crippen molar-refractivity contribution in [3.8, 4) is 11.3 Å². The monoisotopic (exact) mass is 363 g/mol. The summed E-state index contributed by atoms with van der Waals surface area (Å²) in [5, 5.41) is 7.02. The fourth-order valence-electron chi connectivity index (χ4n) is 3.63. The molecule has 0 unspecified atom stereocenters. The minimum absolute atomic E-state index is 0.0175. The van der Waals surface area contributed by atoms with Gasteiger partial charge in [0.25, 0.3) is 11.5 Å². The van der Waals surface area contributed by atoms with Gasteiger partial charge in [-0.2, -0.15) is 5.10 Å². The zero-order valence-corrected chi connectivity index (χ0v) is 15.1. The Morgan fingerprint density at radius 3 is 2.63 bits per heavy atom. The van der Waals surface area contributed by atoms with Crippen molar-refractivity contribution in [2.45, 2.75) is 25.7 Å². The second-order valence-corrected chi connectivity index (χ2v) is 6.85. The Bertz CT molecular complexity index is 1000. The van der Waals surface area contributed by atoms with Crippen LogP contribution in [0.3, 0.4) is 0 Å². The van der Waals surface area contributed by atoms with E-state index in [2.05, 4.69) is 20.2 Å². The number of carbonyl (C=O) groups excluding carboxylic acids is 1. The standard InChI is InChI=1S/C20H21N5O2/c1-13-22-17(11-18(26)23-13)14-7-9-25(10-8-14)20(27)16-12-21-24-19(16)15-5-3-2-4-6-15/h2-6,11-12,14H,7-10H2,1H3,(H,21,24)(H,22,23,26). The lowest BCUT2D eigenvalue weighted by atomic mass is 9.92. The van der Waals surface area contributed by atoms with Crippen molar-refractivity contribution < 1.29 is 4.79 Å². The molecule has 0 aliphatic carbocycles. The molecule has 4 rings (SSSR count). The molecule has 138 valence electrons. The third kappa shape index (κ3) is 3.53. The Balaban J connectivity index is 1.48. The fourth-order valence-corrected chi connectivity index (χ4v) is 3.63. The maximum atomic E-state index is 13.0. The van der Waals surface area contributed by atoms with Gasteiger partial charge >= 0.3 is 0 Å². The molecule has 0 bridgehead atoms. The number of nitrogens with one attached hydrogen (secondary N) is 2. The minimum Gasteiger partial charge on any atom is -0.338 e. The van der Waals surface area contributed by atoms with Gasteiger partial charge in [-0.25, -0.2) is 4.98 Å². The van der Waals surface area contributed by atoms with Crippen LogP contribution < -0.4 is 5.56 Å². The van der Waals surface area contributed by atoms with E-state index in [1.165, 1.54) is 0 Å². The predicted molar refractivity (Wildman–Crippen MR) is 101 cm³/mol. The SMILES string of the molecule is Cc1nc(C2CCN(C(=O)c3cn[nH]c3-c3ccccc3)CC2)cc(=O)[nH]1. The lowest BCUT2D eigenvalue weighted by Gasteiger charge is -2.31. The molecule has 1 amide bonds. The molecular weight excluding hydrogens is 342 g/mol. The molecule has 0 radical (unpaired) electrons. The summed E-state index contributed by atoms with van der Waals surface area (Å²) in [7, 11) is 0. The molecule has 0 saturated carbocycles. The van der Waals surface area contributed by atoms with E-state index in [4.69, 9.17) is 0 Å². The van der Waals surface area contributed by atoms with Crippen LogP contribution in [0.15, 0.2) is 47.4 Å². The highest BCUT2D eigenvalue weighted by Crippen LogP contribution is 2.28. The highest BCUT2D eigenvalue weighted by atomic mass is 16.2. The van der Waals surface area contributed by atoms with Gasteiger partial charge in [0.15, 0.2) is 0 Å².